The van der Waals surface area contributed by atoms with Crippen molar-refractivity contribution >= 4 is 22.8 Å². The van der Waals surface area contributed by atoms with Gasteiger partial charge in [0.1, 0.15) is 11.4 Å². The highest BCUT2D eigenvalue weighted by molar-refractivity contribution is 6.07. The Balaban J connectivity index is 1.33. The van der Waals surface area contributed by atoms with E-state index in [1.807, 2.05) is 12.1 Å². The number of para-hydroxylation sites is 1. The average molecular weight is 479 g/mol. The van der Waals surface area contributed by atoms with E-state index >= 15 is 0 Å². The maximum atomic E-state index is 13.7. The summed E-state index contributed by atoms with van der Waals surface area (Å²) in [6.07, 6.45) is 1.91. The number of ether oxygens (including phenoxy) is 1. The quantitative estimate of drug-likeness (QED) is 0.484. The zero-order valence-corrected chi connectivity index (χ0v) is 19.9. The largest absolute Gasteiger partial charge is 0.383 e. The van der Waals surface area contributed by atoms with Crippen LogP contribution in [-0.4, -0.2) is 65.6 Å². The lowest BCUT2D eigenvalue weighted by Crippen LogP contribution is -2.57. The summed E-state index contributed by atoms with van der Waals surface area (Å²) in [5.74, 6) is -0.551. The molecule has 7 nitrogen and oxygen atoms in total. The Hall–Kier alpha value is -3.23. The van der Waals surface area contributed by atoms with E-state index in [1.54, 1.807) is 19.2 Å². The molecule has 2 aliphatic heterocycles. The second kappa shape index (κ2) is 9.79. The van der Waals surface area contributed by atoms with Crippen molar-refractivity contribution in [2.24, 2.45) is 5.92 Å². The van der Waals surface area contributed by atoms with Gasteiger partial charge in [-0.15, -0.1) is 0 Å². The van der Waals surface area contributed by atoms with Gasteiger partial charge in [0.2, 0.25) is 0 Å². The van der Waals surface area contributed by atoms with Crippen LogP contribution in [0.5, 0.6) is 0 Å². The summed E-state index contributed by atoms with van der Waals surface area (Å²) < 4.78 is 18.6. The number of likely N-dealkylation sites (tertiary alicyclic amines) is 1. The fraction of sp³-hybridized carbons (Fsp3) is 0.407. The number of halogens is 1. The highest BCUT2D eigenvalue weighted by Crippen LogP contribution is 2.37. The van der Waals surface area contributed by atoms with Gasteiger partial charge in [0.05, 0.1) is 13.2 Å². The van der Waals surface area contributed by atoms with Gasteiger partial charge in [-0.3, -0.25) is 14.6 Å². The van der Waals surface area contributed by atoms with Crippen LogP contribution in [-0.2, 0) is 22.5 Å². The Morgan fingerprint density at radius 3 is 2.54 bits per heavy atom. The smallest absolute Gasteiger partial charge is 0.325 e. The van der Waals surface area contributed by atoms with Crippen LogP contribution in [0.1, 0.15) is 24.1 Å². The Kier molecular flexibility index (Phi) is 6.58. The first kappa shape index (κ1) is 23.5. The number of hydrogen-bond acceptors (Lipinski definition) is 4. The normalized spacial score (nSPS) is 21.7. The third-order valence-electron chi connectivity index (χ3n) is 7.38. The number of methoxy groups -OCH3 is 1. The first-order valence-corrected chi connectivity index (χ1v) is 12.1. The Bertz CT molecular complexity index is 1170. The molecule has 35 heavy (non-hydrogen) atoms. The monoisotopic (exact) mass is 478 g/mol. The summed E-state index contributed by atoms with van der Waals surface area (Å²) in [5, 5.41) is 4.25. The van der Waals surface area contributed by atoms with Gasteiger partial charge in [0.25, 0.3) is 5.91 Å². The molecular weight excluding hydrogens is 447 g/mol. The van der Waals surface area contributed by atoms with Crippen molar-refractivity contribution in [1.82, 2.24) is 20.1 Å². The topological polar surface area (TPSA) is 77.7 Å². The standard InChI is InChI=1S/C27H31FN4O3/c1-35-15-14-32-25(33)27(30-26(32)34,17-19-6-8-22(28)9-7-19)21-10-12-31(13-11-21)18-23-16-20-4-2-3-5-24(20)29-23/h2-9,16,21,29H,10-15,17-18H2,1H3,(H,30,34). The summed E-state index contributed by atoms with van der Waals surface area (Å²) in [6, 6.07) is 16.2. The van der Waals surface area contributed by atoms with Gasteiger partial charge in [-0.1, -0.05) is 30.3 Å². The molecule has 3 amide bonds. The van der Waals surface area contributed by atoms with Crippen LogP contribution in [0.15, 0.2) is 54.6 Å². The summed E-state index contributed by atoms with van der Waals surface area (Å²) in [7, 11) is 1.55. The van der Waals surface area contributed by atoms with E-state index in [1.165, 1.54) is 28.1 Å². The molecule has 2 saturated heterocycles. The van der Waals surface area contributed by atoms with E-state index in [0.29, 0.717) is 6.42 Å². The molecule has 2 N–H and O–H groups in total. The number of aromatic nitrogens is 1. The van der Waals surface area contributed by atoms with Crippen LogP contribution in [0.25, 0.3) is 10.9 Å². The van der Waals surface area contributed by atoms with Gasteiger partial charge < -0.3 is 15.0 Å². The molecular formula is C27H31FN4O3. The number of amides is 3. The molecule has 2 fully saturated rings. The summed E-state index contributed by atoms with van der Waals surface area (Å²) in [5.41, 5.74) is 2.09. The number of nitrogens with zero attached hydrogens (tertiary/aromatic N) is 2. The number of nitrogens with one attached hydrogen (secondary N) is 2. The number of rotatable bonds is 8. The van der Waals surface area contributed by atoms with Gasteiger partial charge in [-0.2, -0.15) is 0 Å². The molecule has 3 aromatic rings. The van der Waals surface area contributed by atoms with Crippen molar-refractivity contribution in [1.29, 1.82) is 0 Å². The van der Waals surface area contributed by atoms with Gasteiger partial charge in [0.15, 0.2) is 0 Å². The molecule has 1 aromatic heterocycles. The third kappa shape index (κ3) is 4.68. The van der Waals surface area contributed by atoms with Gasteiger partial charge in [-0.05, 0) is 67.1 Å². The molecule has 0 aliphatic carbocycles. The maximum absolute atomic E-state index is 13.7. The second-order valence-corrected chi connectivity index (χ2v) is 9.59. The van der Waals surface area contributed by atoms with Crippen LogP contribution in [0.4, 0.5) is 9.18 Å². The molecule has 0 spiro atoms. The van der Waals surface area contributed by atoms with Crippen molar-refractivity contribution in [2.45, 2.75) is 31.3 Å². The van der Waals surface area contributed by atoms with Crippen molar-refractivity contribution in [3.8, 4) is 0 Å². The summed E-state index contributed by atoms with van der Waals surface area (Å²) in [4.78, 5) is 33.7. The predicted octanol–water partition coefficient (Wildman–Crippen LogP) is 3.70. The van der Waals surface area contributed by atoms with E-state index in [-0.39, 0.29) is 36.8 Å². The highest BCUT2D eigenvalue weighted by atomic mass is 19.1. The van der Waals surface area contributed by atoms with E-state index < -0.39 is 5.54 Å². The Labute approximate surface area is 204 Å². The zero-order valence-electron chi connectivity index (χ0n) is 19.9. The molecule has 1 unspecified atom stereocenters. The van der Waals surface area contributed by atoms with Crippen molar-refractivity contribution in [3.05, 3.63) is 71.7 Å². The lowest BCUT2D eigenvalue weighted by molar-refractivity contribution is -0.134. The number of aromatic amines is 1. The Morgan fingerprint density at radius 1 is 1.09 bits per heavy atom. The van der Waals surface area contributed by atoms with Crippen LogP contribution in [0, 0.1) is 11.7 Å². The lowest BCUT2D eigenvalue weighted by atomic mass is 9.74. The van der Waals surface area contributed by atoms with E-state index in [2.05, 4.69) is 33.4 Å². The summed E-state index contributed by atoms with van der Waals surface area (Å²) in [6.45, 7) is 2.96. The van der Waals surface area contributed by atoms with E-state index in [9.17, 15) is 14.0 Å². The van der Waals surface area contributed by atoms with Crippen LogP contribution in [0.2, 0.25) is 0 Å². The molecule has 2 aromatic carbocycles. The minimum Gasteiger partial charge on any atom is -0.383 e. The fourth-order valence-electron chi connectivity index (χ4n) is 5.54. The van der Waals surface area contributed by atoms with Crippen molar-refractivity contribution in [3.63, 3.8) is 0 Å². The van der Waals surface area contributed by atoms with Crippen LogP contribution in [0.3, 0.4) is 0 Å². The minimum absolute atomic E-state index is 0.0180. The van der Waals surface area contributed by atoms with Gasteiger partial charge in [-0.25, -0.2) is 9.18 Å². The minimum atomic E-state index is -1.03. The third-order valence-corrected chi connectivity index (χ3v) is 7.38. The molecule has 3 heterocycles. The maximum Gasteiger partial charge on any atom is 0.325 e. The highest BCUT2D eigenvalue weighted by Gasteiger charge is 2.55. The number of piperidine rings is 1. The van der Waals surface area contributed by atoms with Gasteiger partial charge >= 0.3 is 6.03 Å². The number of urea groups is 1. The fourth-order valence-corrected chi connectivity index (χ4v) is 5.54. The Morgan fingerprint density at radius 2 is 1.83 bits per heavy atom. The number of carbonyl (C=O) groups is 2. The predicted molar refractivity (Wildman–Crippen MR) is 131 cm³/mol. The number of benzene rings is 2. The number of fused-ring (bicyclic) bond motifs is 1. The van der Waals surface area contributed by atoms with Crippen molar-refractivity contribution < 1.29 is 18.7 Å². The number of H-pyrrole nitrogens is 1. The molecule has 184 valence electrons. The zero-order chi connectivity index (χ0) is 24.4. The molecule has 5 rings (SSSR count). The van der Waals surface area contributed by atoms with E-state index in [4.69, 9.17) is 4.74 Å². The van der Waals surface area contributed by atoms with E-state index in [0.717, 1.165) is 43.6 Å². The first-order chi connectivity index (χ1) is 17.0. The molecule has 0 bridgehead atoms. The lowest BCUT2D eigenvalue weighted by Gasteiger charge is -2.41. The van der Waals surface area contributed by atoms with Crippen LogP contribution < -0.4 is 5.32 Å². The first-order valence-electron chi connectivity index (χ1n) is 12.1. The van der Waals surface area contributed by atoms with Gasteiger partial charge in [0, 0.05) is 31.3 Å². The number of carbonyl (C=O) groups excluding carboxylic acids is 2. The van der Waals surface area contributed by atoms with Crippen molar-refractivity contribution in [2.75, 3.05) is 33.4 Å². The average Bonchev–Trinajstić information content (AvgIpc) is 3.37. The molecule has 1 atom stereocenters. The number of hydrogen-bond donors (Lipinski definition) is 2. The summed E-state index contributed by atoms with van der Waals surface area (Å²) >= 11 is 0. The molecule has 8 heteroatoms. The second-order valence-electron chi connectivity index (χ2n) is 9.59. The molecule has 0 radical (unpaired) electrons. The number of imide groups is 1. The molecule has 0 saturated carbocycles. The SMILES string of the molecule is COCCN1C(=O)NC(Cc2ccc(F)cc2)(C2CCN(Cc3cc4ccccc4[nH]3)CC2)C1=O. The van der Waals surface area contributed by atoms with Crippen LogP contribution >= 0.6 is 0 Å². The molecule has 2 aliphatic rings.